The summed E-state index contributed by atoms with van der Waals surface area (Å²) in [5, 5.41) is 6.72. The fraction of sp³-hybridized carbons (Fsp3) is 0.333. The van der Waals surface area contributed by atoms with Crippen LogP contribution in [0, 0.1) is 0 Å². The summed E-state index contributed by atoms with van der Waals surface area (Å²) in [6, 6.07) is 1.46. The Morgan fingerprint density at radius 3 is 2.80 bits per heavy atom. The Bertz CT molecular complexity index is 585. The van der Waals surface area contributed by atoms with Crippen molar-refractivity contribution in [2.75, 3.05) is 19.5 Å². The van der Waals surface area contributed by atoms with Crippen LogP contribution in [0.25, 0.3) is 0 Å². The molecule has 2 aromatic rings. The monoisotopic (exact) mass is 277 g/mol. The molecule has 2 aromatic heterocycles. The van der Waals surface area contributed by atoms with Crippen molar-refractivity contribution in [1.29, 1.82) is 0 Å². The van der Waals surface area contributed by atoms with E-state index in [2.05, 4.69) is 20.4 Å². The first kappa shape index (κ1) is 13.8. The molecule has 0 spiro atoms. The topological polar surface area (TPSA) is 91.2 Å². The van der Waals surface area contributed by atoms with Gasteiger partial charge in [-0.05, 0) is 13.0 Å². The summed E-state index contributed by atoms with van der Waals surface area (Å²) in [5.41, 5.74) is 0.373. The fourth-order valence-electron chi connectivity index (χ4n) is 1.56. The zero-order valence-corrected chi connectivity index (χ0v) is 11.4. The summed E-state index contributed by atoms with van der Waals surface area (Å²) in [4.78, 5) is 20.0. The second kappa shape index (κ2) is 6.00. The third-order valence-electron chi connectivity index (χ3n) is 2.67. The number of hydrogen-bond acceptors (Lipinski definition) is 6. The second-order valence-corrected chi connectivity index (χ2v) is 3.93. The van der Waals surface area contributed by atoms with Crippen LogP contribution in [-0.2, 0) is 4.79 Å². The van der Waals surface area contributed by atoms with Crippen molar-refractivity contribution in [3.05, 3.63) is 24.7 Å². The first-order valence-corrected chi connectivity index (χ1v) is 5.90. The molecule has 1 unspecified atom stereocenters. The number of ether oxygens (including phenoxy) is 2. The number of anilines is 1. The molecule has 0 radical (unpaired) electrons. The molecule has 106 valence electrons. The van der Waals surface area contributed by atoms with Crippen LogP contribution in [0.4, 0.5) is 5.69 Å². The summed E-state index contributed by atoms with van der Waals surface area (Å²) < 4.78 is 11.5. The Labute approximate surface area is 115 Å². The number of hydrogen-bond donors (Lipinski definition) is 1. The highest BCUT2D eigenvalue weighted by molar-refractivity contribution is 5.94. The van der Waals surface area contributed by atoms with Crippen LogP contribution in [0.15, 0.2) is 24.7 Å². The van der Waals surface area contributed by atoms with E-state index in [1.807, 2.05) is 0 Å². The lowest BCUT2D eigenvalue weighted by Crippen LogP contribution is -2.24. The van der Waals surface area contributed by atoms with Crippen LogP contribution < -0.4 is 14.8 Å². The van der Waals surface area contributed by atoms with Crippen molar-refractivity contribution >= 4 is 11.6 Å². The van der Waals surface area contributed by atoms with E-state index in [-0.39, 0.29) is 17.8 Å². The molecule has 1 N–H and O–H groups in total. The molecule has 20 heavy (non-hydrogen) atoms. The van der Waals surface area contributed by atoms with Gasteiger partial charge >= 0.3 is 6.01 Å². The van der Waals surface area contributed by atoms with Crippen LogP contribution >= 0.6 is 0 Å². The molecule has 0 bridgehead atoms. The number of amides is 1. The minimum atomic E-state index is -0.461. The Kier molecular flexibility index (Phi) is 4.14. The van der Waals surface area contributed by atoms with Crippen LogP contribution in [0.1, 0.15) is 13.0 Å². The highest BCUT2D eigenvalue weighted by Gasteiger charge is 2.18. The molecule has 0 saturated carbocycles. The van der Waals surface area contributed by atoms with Crippen molar-refractivity contribution in [3.63, 3.8) is 0 Å². The van der Waals surface area contributed by atoms with Gasteiger partial charge in [-0.25, -0.2) is 4.98 Å². The molecule has 8 heteroatoms. The van der Waals surface area contributed by atoms with Crippen molar-refractivity contribution in [3.8, 4) is 11.9 Å². The Morgan fingerprint density at radius 2 is 2.20 bits per heavy atom. The van der Waals surface area contributed by atoms with Crippen LogP contribution in [0.5, 0.6) is 11.9 Å². The number of aromatic nitrogens is 4. The van der Waals surface area contributed by atoms with E-state index in [9.17, 15) is 4.79 Å². The van der Waals surface area contributed by atoms with Gasteiger partial charge in [0.15, 0.2) is 0 Å². The van der Waals surface area contributed by atoms with Gasteiger partial charge in [0.1, 0.15) is 11.7 Å². The van der Waals surface area contributed by atoms with Crippen LogP contribution in [0.2, 0.25) is 0 Å². The van der Waals surface area contributed by atoms with Crippen LogP contribution in [0.3, 0.4) is 0 Å². The Hall–Kier alpha value is -2.64. The van der Waals surface area contributed by atoms with E-state index >= 15 is 0 Å². The average Bonchev–Trinajstić information content (AvgIpc) is 3.00. The first-order chi connectivity index (χ1) is 9.65. The van der Waals surface area contributed by atoms with Gasteiger partial charge in [0, 0.05) is 12.4 Å². The molecule has 2 heterocycles. The number of nitrogens with zero attached hydrogens (tertiary/aromatic N) is 4. The van der Waals surface area contributed by atoms with Gasteiger partial charge in [-0.15, -0.1) is 0 Å². The lowest BCUT2D eigenvalue weighted by atomic mass is 10.3. The van der Waals surface area contributed by atoms with Crippen molar-refractivity contribution in [1.82, 2.24) is 19.7 Å². The maximum atomic E-state index is 12.1. The standard InChI is InChI=1S/C12H15N5O3/c1-8(17-6-4-5-14-17)10(18)15-9-7-13-12(20-3)16-11(9)19-2/h4-8H,1-3H3,(H,15,18). The lowest BCUT2D eigenvalue weighted by Gasteiger charge is -2.14. The van der Waals surface area contributed by atoms with E-state index in [0.29, 0.717) is 5.69 Å². The van der Waals surface area contributed by atoms with Gasteiger partial charge in [-0.2, -0.15) is 10.1 Å². The van der Waals surface area contributed by atoms with Gasteiger partial charge < -0.3 is 14.8 Å². The fourth-order valence-corrected chi connectivity index (χ4v) is 1.56. The number of rotatable bonds is 5. The Balaban J connectivity index is 2.15. The molecular formula is C12H15N5O3. The quantitative estimate of drug-likeness (QED) is 0.872. The van der Waals surface area contributed by atoms with E-state index < -0.39 is 6.04 Å². The van der Waals surface area contributed by atoms with E-state index in [1.165, 1.54) is 20.4 Å². The minimum Gasteiger partial charge on any atom is -0.479 e. The summed E-state index contributed by atoms with van der Waals surface area (Å²) in [6.07, 6.45) is 4.76. The molecule has 0 aliphatic rings. The molecule has 1 atom stereocenters. The van der Waals surface area contributed by atoms with Gasteiger partial charge in [0.2, 0.25) is 11.8 Å². The third-order valence-corrected chi connectivity index (χ3v) is 2.67. The SMILES string of the molecule is COc1ncc(NC(=O)C(C)n2cccn2)c(OC)n1. The molecule has 0 aliphatic carbocycles. The number of carbonyl (C=O) groups is 1. The highest BCUT2D eigenvalue weighted by atomic mass is 16.5. The zero-order valence-electron chi connectivity index (χ0n) is 11.4. The van der Waals surface area contributed by atoms with Crippen LogP contribution in [-0.4, -0.2) is 39.9 Å². The maximum Gasteiger partial charge on any atom is 0.319 e. The zero-order chi connectivity index (χ0) is 14.5. The van der Waals surface area contributed by atoms with Crippen molar-refractivity contribution < 1.29 is 14.3 Å². The molecule has 1 amide bonds. The number of nitrogens with one attached hydrogen (secondary N) is 1. The maximum absolute atomic E-state index is 12.1. The summed E-state index contributed by atoms with van der Waals surface area (Å²) in [5.74, 6) is -0.0152. The Morgan fingerprint density at radius 1 is 1.40 bits per heavy atom. The van der Waals surface area contributed by atoms with Crippen molar-refractivity contribution in [2.45, 2.75) is 13.0 Å². The molecular weight excluding hydrogens is 262 g/mol. The molecule has 2 rings (SSSR count). The minimum absolute atomic E-state index is 0.167. The van der Waals surface area contributed by atoms with E-state index in [1.54, 1.807) is 30.1 Å². The largest absolute Gasteiger partial charge is 0.479 e. The molecule has 0 aliphatic heterocycles. The highest BCUT2D eigenvalue weighted by Crippen LogP contribution is 2.23. The van der Waals surface area contributed by atoms with Gasteiger partial charge in [-0.1, -0.05) is 0 Å². The summed E-state index contributed by atoms with van der Waals surface area (Å²) >= 11 is 0. The lowest BCUT2D eigenvalue weighted by molar-refractivity contribution is -0.119. The van der Waals surface area contributed by atoms with Gasteiger partial charge in [0.25, 0.3) is 0 Å². The molecule has 0 fully saturated rings. The molecule has 0 aromatic carbocycles. The normalized spacial score (nSPS) is 11.8. The van der Waals surface area contributed by atoms with E-state index in [4.69, 9.17) is 9.47 Å². The molecule has 0 saturated heterocycles. The second-order valence-electron chi connectivity index (χ2n) is 3.93. The third kappa shape index (κ3) is 2.85. The number of methoxy groups -OCH3 is 2. The summed E-state index contributed by atoms with van der Waals surface area (Å²) in [7, 11) is 2.90. The predicted octanol–water partition coefficient (Wildman–Crippen LogP) is 0.890. The molecule has 8 nitrogen and oxygen atoms in total. The average molecular weight is 277 g/mol. The summed E-state index contributed by atoms with van der Waals surface area (Å²) in [6.45, 7) is 1.74. The van der Waals surface area contributed by atoms with Gasteiger partial charge in [-0.3, -0.25) is 9.48 Å². The predicted molar refractivity (Wildman–Crippen MR) is 70.7 cm³/mol. The van der Waals surface area contributed by atoms with E-state index in [0.717, 1.165) is 0 Å². The van der Waals surface area contributed by atoms with Gasteiger partial charge in [0.05, 0.1) is 20.4 Å². The van der Waals surface area contributed by atoms with Crippen molar-refractivity contribution in [2.24, 2.45) is 0 Å². The number of carbonyl (C=O) groups excluding carboxylic acids is 1. The first-order valence-electron chi connectivity index (χ1n) is 5.90. The smallest absolute Gasteiger partial charge is 0.319 e.